The minimum Gasteiger partial charge on any atom is -0.497 e. The monoisotopic (exact) mass is 283 g/mol. The molecule has 1 atom stereocenters. The van der Waals surface area contributed by atoms with Crippen LogP contribution in [-0.2, 0) is 11.3 Å². The van der Waals surface area contributed by atoms with Crippen molar-refractivity contribution in [1.82, 2.24) is 25.1 Å². The van der Waals surface area contributed by atoms with E-state index in [1.165, 1.54) is 0 Å². The summed E-state index contributed by atoms with van der Waals surface area (Å²) in [4.78, 5) is 14.1. The Bertz CT molecular complexity index is 766. The van der Waals surface area contributed by atoms with Crippen molar-refractivity contribution in [3.05, 3.63) is 41.7 Å². The molecule has 1 unspecified atom stereocenters. The van der Waals surface area contributed by atoms with Crippen molar-refractivity contribution >= 4 is 11.5 Å². The molecule has 1 aromatic heterocycles. The Morgan fingerprint density at radius 2 is 2.24 bits per heavy atom. The SMILES string of the molecule is C=C1CN2C(=O)Cn3nnnc3C2c2cc(OC)ccc21. The van der Waals surface area contributed by atoms with Crippen LogP contribution in [0.25, 0.3) is 5.57 Å². The summed E-state index contributed by atoms with van der Waals surface area (Å²) in [6, 6.07) is 5.51. The van der Waals surface area contributed by atoms with E-state index in [1.807, 2.05) is 18.2 Å². The minimum absolute atomic E-state index is 0.00517. The van der Waals surface area contributed by atoms with Gasteiger partial charge in [0.1, 0.15) is 18.3 Å². The second-order valence-corrected chi connectivity index (χ2v) is 5.18. The molecule has 2 aliphatic heterocycles. The molecular weight excluding hydrogens is 270 g/mol. The molecule has 7 heteroatoms. The van der Waals surface area contributed by atoms with Crippen molar-refractivity contribution in [2.45, 2.75) is 12.6 Å². The van der Waals surface area contributed by atoms with Gasteiger partial charge in [-0.25, -0.2) is 4.68 Å². The lowest BCUT2D eigenvalue weighted by Crippen LogP contribution is -2.46. The Morgan fingerprint density at radius 1 is 1.38 bits per heavy atom. The normalized spacial score (nSPS) is 19.9. The number of fused-ring (bicyclic) bond motifs is 5. The van der Waals surface area contributed by atoms with Gasteiger partial charge >= 0.3 is 0 Å². The molecule has 2 aromatic rings. The lowest BCUT2D eigenvalue weighted by molar-refractivity contribution is -0.135. The van der Waals surface area contributed by atoms with Crippen LogP contribution in [0.1, 0.15) is 23.0 Å². The number of aromatic nitrogens is 4. The van der Waals surface area contributed by atoms with Crippen LogP contribution in [0.5, 0.6) is 5.75 Å². The van der Waals surface area contributed by atoms with E-state index in [2.05, 4.69) is 22.1 Å². The molecule has 0 N–H and O–H groups in total. The summed E-state index contributed by atoms with van der Waals surface area (Å²) in [7, 11) is 1.62. The zero-order chi connectivity index (χ0) is 14.6. The van der Waals surface area contributed by atoms with E-state index in [9.17, 15) is 4.79 Å². The van der Waals surface area contributed by atoms with Crippen LogP contribution in [0.4, 0.5) is 0 Å². The third-order valence-electron chi connectivity index (χ3n) is 4.02. The van der Waals surface area contributed by atoms with E-state index >= 15 is 0 Å². The lowest BCUT2D eigenvalue weighted by Gasteiger charge is -2.40. The molecule has 1 aromatic carbocycles. The third-order valence-corrected chi connectivity index (χ3v) is 4.02. The van der Waals surface area contributed by atoms with E-state index in [-0.39, 0.29) is 18.5 Å². The number of amides is 1. The maximum atomic E-state index is 12.3. The first kappa shape index (κ1) is 12.1. The van der Waals surface area contributed by atoms with Gasteiger partial charge in [0.2, 0.25) is 5.91 Å². The Morgan fingerprint density at radius 3 is 3.05 bits per heavy atom. The molecule has 106 valence electrons. The van der Waals surface area contributed by atoms with Crippen LogP contribution in [0.15, 0.2) is 24.8 Å². The molecule has 0 aliphatic carbocycles. The van der Waals surface area contributed by atoms with Crippen LogP contribution >= 0.6 is 0 Å². The summed E-state index contributed by atoms with van der Waals surface area (Å²) >= 11 is 0. The van der Waals surface area contributed by atoms with E-state index in [0.717, 1.165) is 22.4 Å². The van der Waals surface area contributed by atoms with Gasteiger partial charge in [0, 0.05) is 6.54 Å². The zero-order valence-electron chi connectivity index (χ0n) is 11.5. The van der Waals surface area contributed by atoms with Crippen LogP contribution in [0.2, 0.25) is 0 Å². The van der Waals surface area contributed by atoms with Crippen LogP contribution in [0.3, 0.4) is 0 Å². The van der Waals surface area contributed by atoms with Crippen molar-refractivity contribution in [3.63, 3.8) is 0 Å². The highest BCUT2D eigenvalue weighted by Crippen LogP contribution is 2.41. The van der Waals surface area contributed by atoms with Crippen LogP contribution < -0.4 is 4.74 Å². The molecule has 0 spiro atoms. The Kier molecular flexibility index (Phi) is 2.38. The van der Waals surface area contributed by atoms with Gasteiger partial charge in [0.15, 0.2) is 5.82 Å². The standard InChI is InChI=1S/C14H13N5O2/c1-8-6-18-12(20)7-19-14(15-16-17-19)13(18)11-5-9(21-2)3-4-10(8)11/h3-5,13H,1,6-7H2,2H3. The average Bonchev–Trinajstić information content (AvgIpc) is 2.95. The smallest absolute Gasteiger partial charge is 0.245 e. The number of hydrogen-bond donors (Lipinski definition) is 0. The van der Waals surface area contributed by atoms with E-state index in [0.29, 0.717) is 12.4 Å². The zero-order valence-corrected chi connectivity index (χ0v) is 11.5. The second kappa shape index (κ2) is 4.15. The summed E-state index contributed by atoms with van der Waals surface area (Å²) in [5.41, 5.74) is 2.90. The number of ether oxygens (including phenoxy) is 1. The minimum atomic E-state index is -0.281. The van der Waals surface area contributed by atoms with Crippen molar-refractivity contribution < 1.29 is 9.53 Å². The van der Waals surface area contributed by atoms with Gasteiger partial charge in [-0.1, -0.05) is 12.6 Å². The summed E-state index contributed by atoms with van der Waals surface area (Å²) in [6.07, 6.45) is 0. The number of hydrogen-bond acceptors (Lipinski definition) is 5. The van der Waals surface area contributed by atoms with Crippen LogP contribution in [0, 0.1) is 0 Å². The number of carbonyl (C=O) groups excluding carboxylic acids is 1. The first-order chi connectivity index (χ1) is 10.2. The molecule has 2 aliphatic rings. The fourth-order valence-electron chi connectivity index (χ4n) is 3.02. The van der Waals surface area contributed by atoms with Gasteiger partial charge in [-0.05, 0) is 39.3 Å². The summed E-state index contributed by atoms with van der Waals surface area (Å²) in [5, 5.41) is 11.7. The van der Waals surface area contributed by atoms with Gasteiger partial charge < -0.3 is 9.64 Å². The van der Waals surface area contributed by atoms with Gasteiger partial charge in [-0.2, -0.15) is 0 Å². The quantitative estimate of drug-likeness (QED) is 0.768. The second-order valence-electron chi connectivity index (χ2n) is 5.18. The third kappa shape index (κ3) is 1.60. The number of nitrogens with zero attached hydrogens (tertiary/aromatic N) is 5. The number of benzene rings is 1. The first-order valence-corrected chi connectivity index (χ1v) is 6.60. The number of rotatable bonds is 1. The molecule has 0 fully saturated rings. The largest absolute Gasteiger partial charge is 0.497 e. The molecule has 0 bridgehead atoms. The Labute approximate surface area is 120 Å². The molecule has 0 saturated carbocycles. The maximum absolute atomic E-state index is 12.3. The van der Waals surface area contributed by atoms with Crippen molar-refractivity contribution in [2.24, 2.45) is 0 Å². The molecule has 7 nitrogen and oxygen atoms in total. The topological polar surface area (TPSA) is 73.1 Å². The number of tetrazole rings is 1. The van der Waals surface area contributed by atoms with E-state index in [4.69, 9.17) is 4.74 Å². The van der Waals surface area contributed by atoms with Crippen molar-refractivity contribution in [2.75, 3.05) is 13.7 Å². The van der Waals surface area contributed by atoms with Gasteiger partial charge in [0.25, 0.3) is 0 Å². The predicted molar refractivity (Wildman–Crippen MR) is 73.4 cm³/mol. The first-order valence-electron chi connectivity index (χ1n) is 6.60. The lowest BCUT2D eigenvalue weighted by atomic mass is 9.88. The highest BCUT2D eigenvalue weighted by molar-refractivity contribution is 5.84. The van der Waals surface area contributed by atoms with Gasteiger partial charge in [0.05, 0.1) is 7.11 Å². The highest BCUT2D eigenvalue weighted by atomic mass is 16.5. The van der Waals surface area contributed by atoms with Crippen molar-refractivity contribution in [3.8, 4) is 5.75 Å². The van der Waals surface area contributed by atoms with Gasteiger partial charge in [-0.15, -0.1) is 5.10 Å². The van der Waals surface area contributed by atoms with Gasteiger partial charge in [-0.3, -0.25) is 4.79 Å². The van der Waals surface area contributed by atoms with E-state index < -0.39 is 0 Å². The van der Waals surface area contributed by atoms with E-state index in [1.54, 1.807) is 16.7 Å². The molecule has 0 saturated heterocycles. The molecule has 4 rings (SSSR count). The van der Waals surface area contributed by atoms with Crippen LogP contribution in [-0.4, -0.2) is 44.7 Å². The summed E-state index contributed by atoms with van der Waals surface area (Å²) < 4.78 is 6.86. The Hall–Kier alpha value is -2.70. The maximum Gasteiger partial charge on any atom is 0.245 e. The molecule has 3 heterocycles. The number of methoxy groups -OCH3 is 1. The molecule has 0 radical (unpaired) electrons. The molecular formula is C14H13N5O2. The summed E-state index contributed by atoms with van der Waals surface area (Å²) in [6.45, 7) is 4.75. The summed E-state index contributed by atoms with van der Waals surface area (Å²) in [5.74, 6) is 1.41. The fraction of sp³-hybridized carbons (Fsp3) is 0.286. The van der Waals surface area contributed by atoms with Crippen molar-refractivity contribution in [1.29, 1.82) is 0 Å². The highest BCUT2D eigenvalue weighted by Gasteiger charge is 2.40. The molecule has 21 heavy (non-hydrogen) atoms. The Balaban J connectivity index is 1.96. The number of carbonyl (C=O) groups is 1. The average molecular weight is 283 g/mol. The fourth-order valence-corrected chi connectivity index (χ4v) is 3.02. The molecule has 1 amide bonds. The predicted octanol–water partition coefficient (Wildman–Crippen LogP) is 0.640.